The smallest absolute Gasteiger partial charge is 0.234 e. The minimum absolute atomic E-state index is 0.0391. The zero-order chi connectivity index (χ0) is 19.8. The van der Waals surface area contributed by atoms with Crippen LogP contribution in [0.4, 0.5) is 0 Å². The van der Waals surface area contributed by atoms with Gasteiger partial charge in [0.05, 0.1) is 25.4 Å². The number of hydrogen-bond acceptors (Lipinski definition) is 6. The second-order valence-electron chi connectivity index (χ2n) is 6.26. The molecule has 0 aliphatic carbocycles. The summed E-state index contributed by atoms with van der Waals surface area (Å²) in [5.74, 6) is 0.908. The summed E-state index contributed by atoms with van der Waals surface area (Å²) in [5, 5.41) is 8.05. The van der Waals surface area contributed by atoms with Crippen molar-refractivity contribution in [2.45, 2.75) is 26.9 Å². The van der Waals surface area contributed by atoms with Crippen LogP contribution in [0, 0.1) is 0 Å². The van der Waals surface area contributed by atoms with E-state index in [1.54, 1.807) is 22.7 Å². The highest BCUT2D eigenvalue weighted by Gasteiger charge is 2.12. The molecular formula is C21H25N3O2S2. The van der Waals surface area contributed by atoms with Crippen molar-refractivity contribution in [3.63, 3.8) is 0 Å². The van der Waals surface area contributed by atoms with E-state index in [-0.39, 0.29) is 5.91 Å². The molecule has 3 rings (SSSR count). The minimum Gasteiger partial charge on any atom is -0.494 e. The van der Waals surface area contributed by atoms with Gasteiger partial charge in [0, 0.05) is 22.4 Å². The van der Waals surface area contributed by atoms with Crippen molar-refractivity contribution in [3.05, 3.63) is 57.7 Å². The summed E-state index contributed by atoms with van der Waals surface area (Å²) in [6.45, 7) is 7.12. The molecule has 1 amide bonds. The number of carbonyl (C=O) groups excluding carboxylic acids is 1. The monoisotopic (exact) mass is 415 g/mol. The third-order valence-corrected chi connectivity index (χ3v) is 6.02. The maximum absolute atomic E-state index is 12.2. The Hall–Kier alpha value is -2.22. The molecule has 0 radical (unpaired) electrons. The van der Waals surface area contributed by atoms with Crippen molar-refractivity contribution in [2.75, 3.05) is 19.7 Å². The summed E-state index contributed by atoms with van der Waals surface area (Å²) < 4.78 is 5.49. The fraction of sp³-hybridized carbons (Fsp3) is 0.333. The molecule has 0 atom stereocenters. The predicted octanol–water partition coefficient (Wildman–Crippen LogP) is 4.41. The van der Waals surface area contributed by atoms with Crippen LogP contribution >= 0.6 is 22.7 Å². The fourth-order valence-corrected chi connectivity index (χ4v) is 4.20. The molecule has 28 heavy (non-hydrogen) atoms. The van der Waals surface area contributed by atoms with Crippen LogP contribution in [0.1, 0.15) is 24.4 Å². The van der Waals surface area contributed by atoms with Gasteiger partial charge in [0.25, 0.3) is 0 Å². The number of nitrogens with zero attached hydrogens (tertiary/aromatic N) is 2. The number of aromatic nitrogens is 1. The Morgan fingerprint density at radius 3 is 2.68 bits per heavy atom. The molecular weight excluding hydrogens is 390 g/mol. The Kier molecular flexibility index (Phi) is 7.59. The Morgan fingerprint density at radius 2 is 2.00 bits per heavy atom. The molecule has 0 aliphatic rings. The van der Waals surface area contributed by atoms with Gasteiger partial charge in [0.1, 0.15) is 10.8 Å². The number of carbonyl (C=O) groups is 1. The van der Waals surface area contributed by atoms with Gasteiger partial charge >= 0.3 is 0 Å². The molecule has 2 heterocycles. The lowest BCUT2D eigenvalue weighted by Crippen LogP contribution is -2.36. The molecule has 1 N–H and O–H groups in total. The first-order valence-electron chi connectivity index (χ1n) is 9.37. The molecule has 0 spiro atoms. The number of rotatable bonds is 10. The van der Waals surface area contributed by atoms with Crippen LogP contribution in [-0.2, 0) is 17.9 Å². The standard InChI is InChI=1S/C21H25N3O2S2/c1-3-24(14-20(25)22-12-19-6-5-11-27-19)13-17-15-28-21(23-17)16-7-9-18(10-8-16)26-4-2/h5-11,15H,3-4,12-14H2,1-2H3,(H,22,25). The van der Waals surface area contributed by atoms with E-state index in [4.69, 9.17) is 9.72 Å². The maximum Gasteiger partial charge on any atom is 0.234 e. The van der Waals surface area contributed by atoms with Crippen LogP contribution in [0.5, 0.6) is 5.75 Å². The van der Waals surface area contributed by atoms with Crippen LogP contribution in [0.2, 0.25) is 0 Å². The summed E-state index contributed by atoms with van der Waals surface area (Å²) >= 11 is 3.28. The second kappa shape index (κ2) is 10.4. The molecule has 0 bridgehead atoms. The van der Waals surface area contributed by atoms with Crippen LogP contribution in [0.15, 0.2) is 47.2 Å². The van der Waals surface area contributed by atoms with E-state index in [2.05, 4.69) is 22.5 Å². The molecule has 0 saturated heterocycles. The lowest BCUT2D eigenvalue weighted by Gasteiger charge is -2.18. The first-order valence-corrected chi connectivity index (χ1v) is 11.1. The van der Waals surface area contributed by atoms with Crippen molar-refractivity contribution in [1.29, 1.82) is 0 Å². The van der Waals surface area contributed by atoms with E-state index < -0.39 is 0 Å². The minimum atomic E-state index is 0.0391. The molecule has 7 heteroatoms. The number of ether oxygens (including phenoxy) is 1. The fourth-order valence-electron chi connectivity index (χ4n) is 2.74. The third-order valence-electron chi connectivity index (χ3n) is 4.20. The van der Waals surface area contributed by atoms with Gasteiger partial charge in [-0.25, -0.2) is 4.98 Å². The molecule has 5 nitrogen and oxygen atoms in total. The first kappa shape index (κ1) is 20.5. The topological polar surface area (TPSA) is 54.5 Å². The SMILES string of the molecule is CCOc1ccc(-c2nc(CN(CC)CC(=O)NCc3cccs3)cs2)cc1. The molecule has 3 aromatic rings. The molecule has 0 aliphatic heterocycles. The van der Waals surface area contributed by atoms with Crippen molar-refractivity contribution < 1.29 is 9.53 Å². The Bertz CT molecular complexity index is 860. The number of thiophene rings is 1. The molecule has 2 aromatic heterocycles. The van der Waals surface area contributed by atoms with Crippen LogP contribution in [0.25, 0.3) is 10.6 Å². The Balaban J connectivity index is 1.54. The molecule has 0 saturated carbocycles. The van der Waals surface area contributed by atoms with Gasteiger partial charge in [-0.1, -0.05) is 13.0 Å². The number of likely N-dealkylation sites (N-methyl/N-ethyl adjacent to an activating group) is 1. The predicted molar refractivity (Wildman–Crippen MR) is 116 cm³/mol. The van der Waals surface area contributed by atoms with E-state index >= 15 is 0 Å². The van der Waals surface area contributed by atoms with Crippen molar-refractivity contribution in [3.8, 4) is 16.3 Å². The molecule has 0 unspecified atom stereocenters. The van der Waals surface area contributed by atoms with Gasteiger partial charge in [0.15, 0.2) is 0 Å². The van der Waals surface area contributed by atoms with Gasteiger partial charge in [-0.05, 0) is 49.2 Å². The lowest BCUT2D eigenvalue weighted by molar-refractivity contribution is -0.122. The molecule has 0 fully saturated rings. The van der Waals surface area contributed by atoms with Crippen molar-refractivity contribution in [2.24, 2.45) is 0 Å². The van der Waals surface area contributed by atoms with Crippen LogP contribution in [0.3, 0.4) is 0 Å². The average molecular weight is 416 g/mol. The normalized spacial score (nSPS) is 11.0. The summed E-state index contributed by atoms with van der Waals surface area (Å²) in [6, 6.07) is 12.0. The maximum atomic E-state index is 12.2. The van der Waals surface area contributed by atoms with E-state index in [0.717, 1.165) is 33.4 Å². The summed E-state index contributed by atoms with van der Waals surface area (Å²) in [5.41, 5.74) is 2.07. The van der Waals surface area contributed by atoms with E-state index in [0.29, 0.717) is 26.2 Å². The first-order chi connectivity index (χ1) is 13.7. The average Bonchev–Trinajstić information content (AvgIpc) is 3.39. The third kappa shape index (κ3) is 5.89. The van der Waals surface area contributed by atoms with Crippen molar-refractivity contribution in [1.82, 2.24) is 15.2 Å². The molecule has 1 aromatic carbocycles. The van der Waals surface area contributed by atoms with E-state index in [9.17, 15) is 4.79 Å². The van der Waals surface area contributed by atoms with E-state index in [1.165, 1.54) is 0 Å². The number of amides is 1. The Morgan fingerprint density at radius 1 is 1.18 bits per heavy atom. The number of thiazole rings is 1. The van der Waals surface area contributed by atoms with Crippen LogP contribution in [-0.4, -0.2) is 35.5 Å². The highest BCUT2D eigenvalue weighted by atomic mass is 32.1. The Labute approximate surface area is 174 Å². The second-order valence-corrected chi connectivity index (χ2v) is 8.15. The number of hydrogen-bond donors (Lipinski definition) is 1. The number of benzene rings is 1. The quantitative estimate of drug-likeness (QED) is 0.533. The zero-order valence-electron chi connectivity index (χ0n) is 16.2. The van der Waals surface area contributed by atoms with E-state index in [1.807, 2.05) is 48.7 Å². The van der Waals surface area contributed by atoms with Crippen LogP contribution < -0.4 is 10.1 Å². The van der Waals surface area contributed by atoms with Gasteiger partial charge in [0.2, 0.25) is 5.91 Å². The van der Waals surface area contributed by atoms with Gasteiger partial charge in [-0.15, -0.1) is 22.7 Å². The van der Waals surface area contributed by atoms with Crippen molar-refractivity contribution >= 4 is 28.6 Å². The zero-order valence-corrected chi connectivity index (χ0v) is 17.8. The van der Waals surface area contributed by atoms with Gasteiger partial charge in [-0.3, -0.25) is 9.69 Å². The largest absolute Gasteiger partial charge is 0.494 e. The highest BCUT2D eigenvalue weighted by Crippen LogP contribution is 2.26. The van der Waals surface area contributed by atoms with Gasteiger partial charge in [-0.2, -0.15) is 0 Å². The summed E-state index contributed by atoms with van der Waals surface area (Å²) in [7, 11) is 0. The highest BCUT2D eigenvalue weighted by molar-refractivity contribution is 7.13. The van der Waals surface area contributed by atoms with Gasteiger partial charge < -0.3 is 10.1 Å². The molecule has 148 valence electrons. The summed E-state index contributed by atoms with van der Waals surface area (Å²) in [4.78, 5) is 20.2. The lowest BCUT2D eigenvalue weighted by atomic mass is 10.2. The number of nitrogens with one attached hydrogen (secondary N) is 1. The summed E-state index contributed by atoms with van der Waals surface area (Å²) in [6.07, 6.45) is 0.